The van der Waals surface area contributed by atoms with Crippen LogP contribution in [0.5, 0.6) is 5.75 Å². The lowest BCUT2D eigenvalue weighted by atomic mass is 9.95. The molecule has 1 fully saturated rings. The van der Waals surface area contributed by atoms with Gasteiger partial charge in [-0.1, -0.05) is 48.5 Å². The number of methoxy groups -OCH3 is 1. The molecule has 4 aromatic rings. The Balaban J connectivity index is 1.31. The fraction of sp³-hybridized carbons (Fsp3) is 0.406. The van der Waals surface area contributed by atoms with Crippen molar-refractivity contribution in [2.24, 2.45) is 0 Å². The van der Waals surface area contributed by atoms with E-state index >= 15 is 0 Å². The van der Waals surface area contributed by atoms with Crippen molar-refractivity contribution in [2.45, 2.75) is 64.0 Å². The number of fused-ring (bicyclic) bond motifs is 2. The van der Waals surface area contributed by atoms with E-state index in [0.29, 0.717) is 19.5 Å². The third-order valence-electron chi connectivity index (χ3n) is 7.31. The zero-order valence-electron chi connectivity index (χ0n) is 23.7. The Bertz CT molecular complexity index is 1510. The van der Waals surface area contributed by atoms with Crippen molar-refractivity contribution in [3.05, 3.63) is 72.1 Å². The van der Waals surface area contributed by atoms with Crippen LogP contribution in [0.2, 0.25) is 0 Å². The highest BCUT2D eigenvalue weighted by molar-refractivity contribution is 5.83. The summed E-state index contributed by atoms with van der Waals surface area (Å²) >= 11 is 0. The van der Waals surface area contributed by atoms with E-state index in [0.717, 1.165) is 51.8 Å². The fourth-order valence-corrected chi connectivity index (χ4v) is 5.45. The number of nitrogens with zero attached hydrogens (tertiary/aromatic N) is 2. The van der Waals surface area contributed by atoms with Crippen molar-refractivity contribution in [3.63, 3.8) is 0 Å². The van der Waals surface area contributed by atoms with Gasteiger partial charge in [0, 0.05) is 31.5 Å². The minimum atomic E-state index is -0.628. The average molecular weight is 543 g/mol. The molecule has 2 amide bonds. The van der Waals surface area contributed by atoms with Gasteiger partial charge >= 0.3 is 6.09 Å². The van der Waals surface area contributed by atoms with Crippen molar-refractivity contribution in [2.75, 3.05) is 20.2 Å². The first-order valence-electron chi connectivity index (χ1n) is 14.0. The number of rotatable bonds is 7. The Morgan fingerprint density at radius 3 is 2.67 bits per heavy atom. The number of aromatic nitrogens is 2. The Hall–Kier alpha value is -4.07. The average Bonchev–Trinajstić information content (AvgIpc) is 3.37. The Kier molecular flexibility index (Phi) is 7.96. The van der Waals surface area contributed by atoms with Gasteiger partial charge in [0.1, 0.15) is 22.7 Å². The molecular formula is C32H38N4O4. The molecule has 8 nitrogen and oxygen atoms in total. The van der Waals surface area contributed by atoms with Crippen LogP contribution in [0.3, 0.4) is 0 Å². The number of nitrogens with one attached hydrogen (secondary N) is 2. The highest BCUT2D eigenvalue weighted by atomic mass is 16.6. The van der Waals surface area contributed by atoms with E-state index in [9.17, 15) is 9.59 Å². The van der Waals surface area contributed by atoms with Crippen molar-refractivity contribution >= 4 is 33.8 Å². The molecule has 2 N–H and O–H groups in total. The number of aromatic amines is 1. The summed E-state index contributed by atoms with van der Waals surface area (Å²) in [5.74, 6) is 1.72. The standard InChI is InChI=1S/C32H38N4O4/c1-32(2,3)40-31(38)33-25(18-21-14-15-22-9-5-6-10-23(22)17-21)19-28(37)36-16-8-11-24(20-36)30-34-26-12-7-13-27(39-4)29(26)35-30/h5-7,9-10,12-15,17,24-25H,8,11,16,18-20H2,1-4H3,(H,33,38)(H,34,35)/t24-,25-/m1/s1. The van der Waals surface area contributed by atoms with E-state index < -0.39 is 17.7 Å². The predicted molar refractivity (Wildman–Crippen MR) is 157 cm³/mol. The number of likely N-dealkylation sites (tertiary alicyclic amines) is 1. The van der Waals surface area contributed by atoms with Crippen LogP contribution in [0.4, 0.5) is 4.79 Å². The van der Waals surface area contributed by atoms with Crippen molar-refractivity contribution in [1.29, 1.82) is 0 Å². The zero-order chi connectivity index (χ0) is 28.3. The molecule has 210 valence electrons. The van der Waals surface area contributed by atoms with E-state index in [2.05, 4.69) is 40.6 Å². The summed E-state index contributed by atoms with van der Waals surface area (Å²) < 4.78 is 11.0. The molecule has 1 aliphatic heterocycles. The largest absolute Gasteiger partial charge is 0.494 e. The summed E-state index contributed by atoms with van der Waals surface area (Å²) in [6.07, 6.45) is 2.03. The van der Waals surface area contributed by atoms with Crippen LogP contribution in [0.15, 0.2) is 60.7 Å². The first-order valence-corrected chi connectivity index (χ1v) is 14.0. The second kappa shape index (κ2) is 11.6. The number of ether oxygens (including phenoxy) is 2. The van der Waals surface area contributed by atoms with Gasteiger partial charge < -0.3 is 24.7 Å². The molecule has 0 saturated carbocycles. The highest BCUT2D eigenvalue weighted by Gasteiger charge is 2.29. The van der Waals surface area contributed by atoms with Gasteiger partial charge in [-0.05, 0) is 68.5 Å². The van der Waals surface area contributed by atoms with Crippen LogP contribution in [-0.2, 0) is 16.0 Å². The van der Waals surface area contributed by atoms with Crippen LogP contribution in [0.25, 0.3) is 21.8 Å². The van der Waals surface area contributed by atoms with E-state index in [-0.39, 0.29) is 18.2 Å². The molecule has 0 aliphatic carbocycles. The molecule has 0 unspecified atom stereocenters. The van der Waals surface area contributed by atoms with Crippen LogP contribution in [-0.4, -0.2) is 58.7 Å². The Labute approximate surface area is 235 Å². The van der Waals surface area contributed by atoms with Gasteiger partial charge in [-0.2, -0.15) is 0 Å². The number of carbonyl (C=O) groups is 2. The second-order valence-corrected chi connectivity index (χ2v) is 11.6. The Morgan fingerprint density at radius 2 is 1.90 bits per heavy atom. The molecule has 1 saturated heterocycles. The van der Waals surface area contributed by atoms with Gasteiger partial charge in [0.2, 0.25) is 5.91 Å². The van der Waals surface area contributed by atoms with Gasteiger partial charge in [-0.25, -0.2) is 9.78 Å². The summed E-state index contributed by atoms with van der Waals surface area (Å²) in [4.78, 5) is 36.5. The Morgan fingerprint density at radius 1 is 1.10 bits per heavy atom. The van der Waals surface area contributed by atoms with Gasteiger partial charge in [-0.15, -0.1) is 0 Å². The summed E-state index contributed by atoms with van der Waals surface area (Å²) in [7, 11) is 1.64. The SMILES string of the molecule is COc1cccc2[nH]c([C@@H]3CCCN(C(=O)C[C@@H](Cc4ccc5ccccc5c4)NC(=O)OC(C)(C)C)C3)nc12. The number of hydrogen-bond acceptors (Lipinski definition) is 5. The smallest absolute Gasteiger partial charge is 0.407 e. The number of benzene rings is 3. The lowest BCUT2D eigenvalue weighted by molar-refractivity contribution is -0.132. The normalized spacial score (nSPS) is 16.6. The van der Waals surface area contributed by atoms with E-state index in [1.807, 2.05) is 56.0 Å². The van der Waals surface area contributed by atoms with E-state index in [4.69, 9.17) is 14.5 Å². The molecule has 0 radical (unpaired) electrons. The van der Waals surface area contributed by atoms with E-state index in [1.54, 1.807) is 7.11 Å². The van der Waals surface area contributed by atoms with Crippen LogP contribution in [0, 0.1) is 0 Å². The third kappa shape index (κ3) is 6.55. The number of amides is 2. The molecular weight excluding hydrogens is 504 g/mol. The number of alkyl carbamates (subject to hydrolysis) is 1. The summed E-state index contributed by atoms with van der Waals surface area (Å²) in [5, 5.41) is 5.25. The van der Waals surface area contributed by atoms with Gasteiger partial charge in [0.15, 0.2) is 0 Å². The molecule has 5 rings (SSSR count). The van der Waals surface area contributed by atoms with Crippen LogP contribution in [0.1, 0.15) is 57.3 Å². The third-order valence-corrected chi connectivity index (χ3v) is 7.31. The van der Waals surface area contributed by atoms with Crippen LogP contribution >= 0.6 is 0 Å². The number of hydrogen-bond donors (Lipinski definition) is 2. The lowest BCUT2D eigenvalue weighted by Gasteiger charge is -2.33. The molecule has 0 bridgehead atoms. The number of imidazole rings is 1. The monoisotopic (exact) mass is 542 g/mol. The minimum absolute atomic E-state index is 0.0141. The molecule has 1 aliphatic rings. The maximum Gasteiger partial charge on any atom is 0.407 e. The molecule has 3 aromatic carbocycles. The van der Waals surface area contributed by atoms with Crippen molar-refractivity contribution in [3.8, 4) is 5.75 Å². The summed E-state index contributed by atoms with van der Waals surface area (Å²) in [6, 6.07) is 19.8. The van der Waals surface area contributed by atoms with Gasteiger partial charge in [0.25, 0.3) is 0 Å². The summed E-state index contributed by atoms with van der Waals surface area (Å²) in [6.45, 7) is 6.76. The molecule has 8 heteroatoms. The van der Waals surface area contributed by atoms with Crippen molar-refractivity contribution < 1.29 is 19.1 Å². The minimum Gasteiger partial charge on any atom is -0.494 e. The molecule has 1 aromatic heterocycles. The fourth-order valence-electron chi connectivity index (χ4n) is 5.45. The maximum atomic E-state index is 13.6. The lowest BCUT2D eigenvalue weighted by Crippen LogP contribution is -2.45. The molecule has 2 heterocycles. The molecule has 40 heavy (non-hydrogen) atoms. The van der Waals surface area contributed by atoms with Gasteiger partial charge in [0.05, 0.1) is 12.6 Å². The predicted octanol–water partition coefficient (Wildman–Crippen LogP) is 5.96. The number of para-hydroxylation sites is 1. The second-order valence-electron chi connectivity index (χ2n) is 11.6. The first kappa shape index (κ1) is 27.5. The first-order chi connectivity index (χ1) is 19.2. The quantitative estimate of drug-likeness (QED) is 0.301. The van der Waals surface area contributed by atoms with Gasteiger partial charge in [-0.3, -0.25) is 4.79 Å². The summed E-state index contributed by atoms with van der Waals surface area (Å²) in [5.41, 5.74) is 2.16. The molecule has 0 spiro atoms. The molecule has 2 atom stereocenters. The maximum absolute atomic E-state index is 13.6. The van der Waals surface area contributed by atoms with Crippen LogP contribution < -0.4 is 10.1 Å². The highest BCUT2D eigenvalue weighted by Crippen LogP contribution is 2.30. The number of piperidine rings is 1. The number of H-pyrrole nitrogens is 1. The zero-order valence-corrected chi connectivity index (χ0v) is 23.7. The topological polar surface area (TPSA) is 96.6 Å². The number of carbonyl (C=O) groups excluding carboxylic acids is 2. The van der Waals surface area contributed by atoms with Crippen molar-refractivity contribution in [1.82, 2.24) is 20.2 Å². The van der Waals surface area contributed by atoms with E-state index in [1.165, 1.54) is 0 Å².